The number of halogens is 2. The van der Waals surface area contributed by atoms with Gasteiger partial charge in [0.1, 0.15) is 11.5 Å². The summed E-state index contributed by atoms with van der Waals surface area (Å²) in [7, 11) is 0. The van der Waals surface area contributed by atoms with Crippen LogP contribution in [0.2, 0.25) is 0 Å². The number of benzene rings is 2. The molecule has 2 aromatic rings. The maximum atomic E-state index is 14.2. The quantitative estimate of drug-likeness (QED) is 0.560. The average molecular weight is 381 g/mol. The Bertz CT molecular complexity index is 699. The van der Waals surface area contributed by atoms with Gasteiger partial charge in [-0.1, -0.05) is 12.1 Å². The standard InChI is InChI=1S/C15H9FINO2/c1-8-6-11(16)13(12(17)7-8)18-14(19)9-4-2-3-5-10(9)15(18)20/h2-7H,1H3. The highest BCUT2D eigenvalue weighted by molar-refractivity contribution is 14.1. The maximum absolute atomic E-state index is 14.2. The number of fused-ring (bicyclic) bond motifs is 1. The van der Waals surface area contributed by atoms with Crippen molar-refractivity contribution in [3.05, 3.63) is 62.5 Å². The van der Waals surface area contributed by atoms with E-state index in [4.69, 9.17) is 0 Å². The zero-order chi connectivity index (χ0) is 14.4. The Morgan fingerprint density at radius 3 is 2.10 bits per heavy atom. The van der Waals surface area contributed by atoms with Crippen LogP contribution in [-0.4, -0.2) is 11.8 Å². The predicted molar refractivity (Wildman–Crippen MR) is 81.4 cm³/mol. The SMILES string of the molecule is Cc1cc(F)c(N2C(=O)c3ccccc3C2=O)c(I)c1. The van der Waals surface area contributed by atoms with Crippen LogP contribution < -0.4 is 4.90 Å². The molecule has 0 aromatic heterocycles. The first-order chi connectivity index (χ1) is 9.50. The molecule has 20 heavy (non-hydrogen) atoms. The number of amides is 2. The fourth-order valence-corrected chi connectivity index (χ4v) is 3.29. The van der Waals surface area contributed by atoms with E-state index in [0.29, 0.717) is 14.7 Å². The molecule has 0 atom stereocenters. The van der Waals surface area contributed by atoms with E-state index in [-0.39, 0.29) is 5.69 Å². The molecule has 0 saturated carbocycles. The van der Waals surface area contributed by atoms with E-state index in [2.05, 4.69) is 0 Å². The van der Waals surface area contributed by atoms with Crippen molar-refractivity contribution in [2.24, 2.45) is 0 Å². The van der Waals surface area contributed by atoms with Crippen LogP contribution in [0.1, 0.15) is 26.3 Å². The van der Waals surface area contributed by atoms with Gasteiger partial charge >= 0.3 is 0 Å². The molecule has 3 nitrogen and oxygen atoms in total. The fourth-order valence-electron chi connectivity index (χ4n) is 2.30. The van der Waals surface area contributed by atoms with E-state index in [0.717, 1.165) is 10.5 Å². The number of nitrogens with zero attached hydrogens (tertiary/aromatic N) is 1. The monoisotopic (exact) mass is 381 g/mol. The van der Waals surface area contributed by atoms with Crippen molar-refractivity contribution in [1.82, 2.24) is 0 Å². The lowest BCUT2D eigenvalue weighted by Crippen LogP contribution is -2.31. The molecule has 0 N–H and O–H groups in total. The molecule has 0 aliphatic carbocycles. The van der Waals surface area contributed by atoms with Gasteiger partial charge in [-0.3, -0.25) is 9.59 Å². The van der Waals surface area contributed by atoms with Crippen LogP contribution in [0.15, 0.2) is 36.4 Å². The zero-order valence-electron chi connectivity index (χ0n) is 10.5. The van der Waals surface area contributed by atoms with Gasteiger partial charge in [0.05, 0.1) is 11.1 Å². The van der Waals surface area contributed by atoms with Gasteiger partial charge in [-0.25, -0.2) is 9.29 Å². The van der Waals surface area contributed by atoms with Crippen LogP contribution in [0.3, 0.4) is 0 Å². The second-order valence-corrected chi connectivity index (χ2v) is 5.73. The molecule has 0 bridgehead atoms. The lowest BCUT2D eigenvalue weighted by Gasteiger charge is -2.17. The number of carbonyl (C=O) groups excluding carboxylic acids is 2. The van der Waals surface area contributed by atoms with Crippen LogP contribution in [0.5, 0.6) is 0 Å². The summed E-state index contributed by atoms with van der Waals surface area (Å²) in [5.41, 5.74) is 1.40. The van der Waals surface area contributed by atoms with Gasteiger partial charge in [-0.2, -0.15) is 0 Å². The Labute approximate surface area is 128 Å². The largest absolute Gasteiger partial charge is 0.268 e. The van der Waals surface area contributed by atoms with E-state index in [1.165, 1.54) is 6.07 Å². The number of anilines is 1. The highest BCUT2D eigenvalue weighted by Gasteiger charge is 2.38. The first-order valence-corrected chi connectivity index (χ1v) is 7.02. The van der Waals surface area contributed by atoms with Crippen molar-refractivity contribution in [2.45, 2.75) is 6.92 Å². The Morgan fingerprint density at radius 1 is 1.05 bits per heavy atom. The summed E-state index contributed by atoms with van der Waals surface area (Å²) in [6.45, 7) is 1.76. The second-order valence-electron chi connectivity index (χ2n) is 4.57. The van der Waals surface area contributed by atoms with Gasteiger partial charge in [0.2, 0.25) is 0 Å². The van der Waals surface area contributed by atoms with E-state index in [1.54, 1.807) is 37.3 Å². The Morgan fingerprint density at radius 2 is 1.60 bits per heavy atom. The van der Waals surface area contributed by atoms with Crippen molar-refractivity contribution >= 4 is 40.1 Å². The topological polar surface area (TPSA) is 37.4 Å². The second kappa shape index (κ2) is 4.66. The Kier molecular flexibility index (Phi) is 3.08. The van der Waals surface area contributed by atoms with Gasteiger partial charge in [0, 0.05) is 3.57 Å². The number of hydrogen-bond donors (Lipinski definition) is 0. The number of carbonyl (C=O) groups is 2. The van der Waals surface area contributed by atoms with Crippen LogP contribution in [0.4, 0.5) is 10.1 Å². The highest BCUT2D eigenvalue weighted by atomic mass is 127. The van der Waals surface area contributed by atoms with Crippen LogP contribution in [0, 0.1) is 16.3 Å². The van der Waals surface area contributed by atoms with E-state index in [9.17, 15) is 14.0 Å². The smallest absolute Gasteiger partial charge is 0.266 e. The summed E-state index contributed by atoms with van der Waals surface area (Å²) in [6.07, 6.45) is 0. The van der Waals surface area contributed by atoms with Gasteiger partial charge in [-0.05, 0) is 59.3 Å². The van der Waals surface area contributed by atoms with E-state index < -0.39 is 17.6 Å². The summed E-state index contributed by atoms with van der Waals surface area (Å²) < 4.78 is 14.7. The molecule has 0 unspecified atom stereocenters. The first-order valence-electron chi connectivity index (χ1n) is 5.94. The Balaban J connectivity index is 2.19. The molecule has 5 heteroatoms. The Hall–Kier alpha value is -1.76. The number of imide groups is 1. The van der Waals surface area contributed by atoms with Crippen molar-refractivity contribution < 1.29 is 14.0 Å². The molecule has 3 rings (SSSR count). The molecular weight excluding hydrogens is 372 g/mol. The molecule has 1 aliphatic rings. The molecule has 0 fully saturated rings. The van der Waals surface area contributed by atoms with Crippen LogP contribution >= 0.6 is 22.6 Å². The third kappa shape index (κ3) is 1.84. The van der Waals surface area contributed by atoms with Gasteiger partial charge < -0.3 is 0 Å². The average Bonchev–Trinajstić information content (AvgIpc) is 2.64. The summed E-state index contributed by atoms with van der Waals surface area (Å²) in [5.74, 6) is -1.53. The maximum Gasteiger partial charge on any atom is 0.266 e. The minimum Gasteiger partial charge on any atom is -0.268 e. The molecule has 1 aliphatic heterocycles. The van der Waals surface area contributed by atoms with E-state index in [1.807, 2.05) is 22.6 Å². The first kappa shape index (κ1) is 13.2. The lowest BCUT2D eigenvalue weighted by molar-refractivity contribution is 0.0924. The number of aryl methyl sites for hydroxylation is 1. The van der Waals surface area contributed by atoms with Crippen LogP contribution in [0.25, 0.3) is 0 Å². The van der Waals surface area contributed by atoms with Crippen molar-refractivity contribution in [3.63, 3.8) is 0 Å². The zero-order valence-corrected chi connectivity index (χ0v) is 12.6. The third-order valence-corrected chi connectivity index (χ3v) is 4.00. The molecule has 1 heterocycles. The molecule has 2 amide bonds. The van der Waals surface area contributed by atoms with E-state index >= 15 is 0 Å². The number of hydrogen-bond acceptors (Lipinski definition) is 2. The fraction of sp³-hybridized carbons (Fsp3) is 0.0667. The molecule has 2 aromatic carbocycles. The van der Waals surface area contributed by atoms with Crippen molar-refractivity contribution in [1.29, 1.82) is 0 Å². The molecule has 0 radical (unpaired) electrons. The molecule has 100 valence electrons. The van der Waals surface area contributed by atoms with Gasteiger partial charge in [0.15, 0.2) is 0 Å². The summed E-state index contributed by atoms with van der Waals surface area (Å²) in [5, 5.41) is 0. The van der Waals surface area contributed by atoms with Crippen LogP contribution in [-0.2, 0) is 0 Å². The highest BCUT2D eigenvalue weighted by Crippen LogP contribution is 2.34. The predicted octanol–water partition coefficient (Wildman–Crippen LogP) is 3.54. The third-order valence-electron chi connectivity index (χ3n) is 3.18. The molecular formula is C15H9FINO2. The van der Waals surface area contributed by atoms with Crippen molar-refractivity contribution in [2.75, 3.05) is 4.90 Å². The minimum absolute atomic E-state index is 0.0300. The summed E-state index contributed by atoms with van der Waals surface area (Å²) in [4.78, 5) is 25.6. The van der Waals surface area contributed by atoms with Gasteiger partial charge in [0.25, 0.3) is 11.8 Å². The normalized spacial score (nSPS) is 13.8. The minimum atomic E-state index is -0.566. The molecule has 0 saturated heterocycles. The lowest BCUT2D eigenvalue weighted by atomic mass is 10.1. The summed E-state index contributed by atoms with van der Waals surface area (Å²) >= 11 is 1.93. The summed E-state index contributed by atoms with van der Waals surface area (Å²) in [6, 6.07) is 9.58. The van der Waals surface area contributed by atoms with Gasteiger partial charge in [-0.15, -0.1) is 0 Å². The number of rotatable bonds is 1. The van der Waals surface area contributed by atoms with Crippen molar-refractivity contribution in [3.8, 4) is 0 Å². The molecule has 0 spiro atoms.